The number of hydrogen-bond donors (Lipinski definition) is 1. The maximum Gasteiger partial charge on any atom is 0.289 e. The van der Waals surface area contributed by atoms with Gasteiger partial charge in [0.2, 0.25) is 0 Å². The number of aryl methyl sites for hydroxylation is 1. The van der Waals surface area contributed by atoms with Crippen molar-refractivity contribution >= 4 is 11.7 Å². The largest absolute Gasteiger partial charge is 0.459 e. The molecule has 0 unspecified atom stereocenters. The summed E-state index contributed by atoms with van der Waals surface area (Å²) in [5.41, 5.74) is 2.42. The Hall–Kier alpha value is -2.37. The molecule has 4 rings (SSSR count). The summed E-state index contributed by atoms with van der Waals surface area (Å²) in [7, 11) is 0. The van der Waals surface area contributed by atoms with Gasteiger partial charge >= 0.3 is 0 Å². The summed E-state index contributed by atoms with van der Waals surface area (Å²) in [6, 6.07) is 3.69. The summed E-state index contributed by atoms with van der Waals surface area (Å²) in [5.74, 6) is 1.33. The summed E-state index contributed by atoms with van der Waals surface area (Å²) < 4.78 is 5.23. The molecular weight excluding hydrogens is 292 g/mol. The number of rotatable bonds is 3. The first-order valence-corrected chi connectivity index (χ1v) is 8.23. The molecule has 1 aliphatic heterocycles. The summed E-state index contributed by atoms with van der Waals surface area (Å²) in [5, 5.41) is 3.54. The van der Waals surface area contributed by atoms with Crippen molar-refractivity contribution in [3.05, 3.63) is 41.7 Å². The van der Waals surface area contributed by atoms with Gasteiger partial charge in [-0.25, -0.2) is 9.97 Å². The predicted octanol–water partition coefficient (Wildman–Crippen LogP) is 2.28. The number of piperidine rings is 1. The quantitative estimate of drug-likeness (QED) is 0.941. The number of nitrogens with one attached hydrogen (secondary N) is 1. The van der Waals surface area contributed by atoms with Crippen LogP contribution in [0.2, 0.25) is 0 Å². The average molecular weight is 312 g/mol. The van der Waals surface area contributed by atoms with E-state index in [-0.39, 0.29) is 11.9 Å². The standard InChI is InChI=1S/C17H20N4O2/c22-17(15-7-3-9-23-15)21-8-2-4-12(10-21)20-16-13-5-1-6-14(13)18-11-19-16/h3,7,9,11-12H,1-2,4-6,8,10H2,(H,18,19,20)/t12-/m1/s1. The third-order valence-corrected chi connectivity index (χ3v) is 4.66. The average Bonchev–Trinajstić information content (AvgIpc) is 3.26. The lowest BCUT2D eigenvalue weighted by atomic mass is 10.0. The lowest BCUT2D eigenvalue weighted by Crippen LogP contribution is -2.45. The molecule has 1 atom stereocenters. The second-order valence-corrected chi connectivity index (χ2v) is 6.21. The Kier molecular flexibility index (Phi) is 3.73. The van der Waals surface area contributed by atoms with Crippen LogP contribution in [0.1, 0.15) is 41.1 Å². The monoisotopic (exact) mass is 312 g/mol. The number of likely N-dealkylation sites (tertiary alicyclic amines) is 1. The van der Waals surface area contributed by atoms with Gasteiger partial charge in [-0.1, -0.05) is 0 Å². The zero-order valence-corrected chi connectivity index (χ0v) is 13.0. The van der Waals surface area contributed by atoms with E-state index in [1.807, 2.05) is 4.90 Å². The van der Waals surface area contributed by atoms with Crippen molar-refractivity contribution < 1.29 is 9.21 Å². The van der Waals surface area contributed by atoms with Crippen LogP contribution in [0.4, 0.5) is 5.82 Å². The van der Waals surface area contributed by atoms with E-state index in [0.29, 0.717) is 12.3 Å². The van der Waals surface area contributed by atoms with Gasteiger partial charge in [-0.05, 0) is 44.2 Å². The Bertz CT molecular complexity index is 699. The Morgan fingerprint density at radius 2 is 2.26 bits per heavy atom. The lowest BCUT2D eigenvalue weighted by molar-refractivity contribution is 0.0682. The first kappa shape index (κ1) is 14.2. The summed E-state index contributed by atoms with van der Waals surface area (Å²) in [6.45, 7) is 1.46. The van der Waals surface area contributed by atoms with Crippen LogP contribution >= 0.6 is 0 Å². The molecule has 1 N–H and O–H groups in total. The molecule has 6 heteroatoms. The Morgan fingerprint density at radius 3 is 3.13 bits per heavy atom. The Balaban J connectivity index is 1.46. The van der Waals surface area contributed by atoms with E-state index in [0.717, 1.165) is 44.5 Å². The van der Waals surface area contributed by atoms with E-state index in [2.05, 4.69) is 15.3 Å². The molecule has 3 heterocycles. The number of carbonyl (C=O) groups excluding carboxylic acids is 1. The molecule has 23 heavy (non-hydrogen) atoms. The van der Waals surface area contributed by atoms with Crippen LogP contribution in [0.5, 0.6) is 0 Å². The molecule has 0 radical (unpaired) electrons. The number of nitrogens with zero attached hydrogens (tertiary/aromatic N) is 3. The number of aromatic nitrogens is 2. The number of fused-ring (bicyclic) bond motifs is 1. The minimum absolute atomic E-state index is 0.0329. The molecule has 2 aromatic rings. The van der Waals surface area contributed by atoms with E-state index in [9.17, 15) is 4.79 Å². The number of anilines is 1. The number of hydrogen-bond acceptors (Lipinski definition) is 5. The van der Waals surface area contributed by atoms with Gasteiger partial charge in [-0.2, -0.15) is 0 Å². The van der Waals surface area contributed by atoms with Crippen LogP contribution < -0.4 is 5.32 Å². The van der Waals surface area contributed by atoms with Gasteiger partial charge in [0.15, 0.2) is 5.76 Å². The van der Waals surface area contributed by atoms with Gasteiger partial charge in [0.25, 0.3) is 5.91 Å². The summed E-state index contributed by atoms with van der Waals surface area (Å²) in [4.78, 5) is 23.1. The van der Waals surface area contributed by atoms with Crippen LogP contribution in [0.25, 0.3) is 0 Å². The fourth-order valence-corrected chi connectivity index (χ4v) is 3.51. The van der Waals surface area contributed by atoms with E-state index in [4.69, 9.17) is 4.42 Å². The van der Waals surface area contributed by atoms with Crippen LogP contribution in [-0.2, 0) is 12.8 Å². The highest BCUT2D eigenvalue weighted by atomic mass is 16.3. The molecular formula is C17H20N4O2. The highest BCUT2D eigenvalue weighted by molar-refractivity contribution is 5.91. The molecule has 1 aliphatic carbocycles. The first-order valence-electron chi connectivity index (χ1n) is 8.23. The van der Waals surface area contributed by atoms with E-state index in [1.54, 1.807) is 18.5 Å². The Labute approximate surface area is 134 Å². The van der Waals surface area contributed by atoms with Crippen molar-refractivity contribution in [2.24, 2.45) is 0 Å². The predicted molar refractivity (Wildman–Crippen MR) is 85.3 cm³/mol. The normalized spacial score (nSPS) is 20.3. The maximum absolute atomic E-state index is 12.4. The number of furan rings is 1. The fourth-order valence-electron chi connectivity index (χ4n) is 3.51. The zero-order valence-electron chi connectivity index (χ0n) is 13.0. The minimum Gasteiger partial charge on any atom is -0.459 e. The molecule has 0 spiro atoms. The molecule has 1 amide bonds. The second-order valence-electron chi connectivity index (χ2n) is 6.21. The van der Waals surface area contributed by atoms with Gasteiger partial charge in [0.1, 0.15) is 12.1 Å². The summed E-state index contributed by atoms with van der Waals surface area (Å²) >= 11 is 0. The van der Waals surface area contributed by atoms with Gasteiger partial charge in [-0.15, -0.1) is 0 Å². The van der Waals surface area contributed by atoms with Crippen molar-refractivity contribution in [3.8, 4) is 0 Å². The molecule has 6 nitrogen and oxygen atoms in total. The lowest BCUT2D eigenvalue weighted by Gasteiger charge is -2.33. The molecule has 0 saturated carbocycles. The molecule has 1 fully saturated rings. The van der Waals surface area contributed by atoms with Crippen molar-refractivity contribution in [3.63, 3.8) is 0 Å². The zero-order chi connectivity index (χ0) is 15.6. The topological polar surface area (TPSA) is 71.3 Å². The van der Waals surface area contributed by atoms with Crippen molar-refractivity contribution in [2.45, 2.75) is 38.1 Å². The van der Waals surface area contributed by atoms with Gasteiger partial charge in [-0.3, -0.25) is 4.79 Å². The molecule has 2 aromatic heterocycles. The van der Waals surface area contributed by atoms with Crippen molar-refractivity contribution in [2.75, 3.05) is 18.4 Å². The van der Waals surface area contributed by atoms with Crippen molar-refractivity contribution in [1.29, 1.82) is 0 Å². The third-order valence-electron chi connectivity index (χ3n) is 4.66. The molecule has 0 aromatic carbocycles. The fraction of sp³-hybridized carbons (Fsp3) is 0.471. The summed E-state index contributed by atoms with van der Waals surface area (Å²) in [6.07, 6.45) is 8.44. The SMILES string of the molecule is O=C(c1ccco1)N1CCC[C@@H](Nc2ncnc3c2CCC3)C1. The molecule has 2 aliphatic rings. The van der Waals surface area contributed by atoms with E-state index in [1.165, 1.54) is 17.5 Å². The van der Waals surface area contributed by atoms with Gasteiger partial charge in [0, 0.05) is 30.4 Å². The smallest absolute Gasteiger partial charge is 0.289 e. The highest BCUT2D eigenvalue weighted by Crippen LogP contribution is 2.26. The Morgan fingerprint density at radius 1 is 1.30 bits per heavy atom. The van der Waals surface area contributed by atoms with Crippen LogP contribution in [-0.4, -0.2) is 39.9 Å². The molecule has 1 saturated heterocycles. The van der Waals surface area contributed by atoms with Crippen molar-refractivity contribution in [1.82, 2.24) is 14.9 Å². The van der Waals surface area contributed by atoms with Crippen LogP contribution in [0, 0.1) is 0 Å². The van der Waals surface area contributed by atoms with E-state index >= 15 is 0 Å². The van der Waals surface area contributed by atoms with Crippen LogP contribution in [0.15, 0.2) is 29.1 Å². The second kappa shape index (κ2) is 6.02. The highest BCUT2D eigenvalue weighted by Gasteiger charge is 2.27. The third kappa shape index (κ3) is 2.81. The van der Waals surface area contributed by atoms with Crippen LogP contribution in [0.3, 0.4) is 0 Å². The van der Waals surface area contributed by atoms with Gasteiger partial charge < -0.3 is 14.6 Å². The first-order chi connectivity index (χ1) is 11.3. The number of carbonyl (C=O) groups is 1. The minimum atomic E-state index is -0.0329. The maximum atomic E-state index is 12.4. The van der Waals surface area contributed by atoms with E-state index < -0.39 is 0 Å². The van der Waals surface area contributed by atoms with Gasteiger partial charge in [0.05, 0.1) is 6.26 Å². The molecule has 120 valence electrons. The molecule has 0 bridgehead atoms. The number of amides is 1.